The van der Waals surface area contributed by atoms with E-state index in [1.165, 1.54) is 6.20 Å². The molecule has 1 atom stereocenters. The molecule has 0 spiro atoms. The minimum Gasteiger partial charge on any atom is -0.480 e. The normalized spacial score (nSPS) is 20.7. The predicted molar refractivity (Wildman–Crippen MR) is 86.7 cm³/mol. The zero-order chi connectivity index (χ0) is 18.0. The van der Waals surface area contributed by atoms with Gasteiger partial charge in [0.05, 0.1) is 0 Å². The molecule has 2 N–H and O–H groups in total. The molecule has 1 aliphatic carbocycles. The van der Waals surface area contributed by atoms with Crippen molar-refractivity contribution in [3.8, 4) is 0 Å². The number of ether oxygens (including phenoxy) is 1. The van der Waals surface area contributed by atoms with E-state index in [0.717, 1.165) is 0 Å². The van der Waals surface area contributed by atoms with E-state index < -0.39 is 23.1 Å². The van der Waals surface area contributed by atoms with E-state index in [9.17, 15) is 19.5 Å². The average molecular weight is 334 g/mol. The van der Waals surface area contributed by atoms with Crippen LogP contribution < -0.4 is 5.32 Å². The highest BCUT2D eigenvalue weighted by Gasteiger charge is 2.48. The van der Waals surface area contributed by atoms with Crippen LogP contribution in [-0.4, -0.2) is 33.5 Å². The number of carbonyl (C=O) groups excluding carboxylic acids is 2. The van der Waals surface area contributed by atoms with Gasteiger partial charge in [0.25, 0.3) is 0 Å². The summed E-state index contributed by atoms with van der Waals surface area (Å²) in [6.45, 7) is 5.27. The van der Waals surface area contributed by atoms with Gasteiger partial charge in [0.15, 0.2) is 5.78 Å². The first kappa shape index (κ1) is 17.9. The minimum atomic E-state index is -1.35. The highest BCUT2D eigenvalue weighted by molar-refractivity contribution is 6.04. The zero-order valence-electron chi connectivity index (χ0n) is 14.1. The maximum Gasteiger partial charge on any atom is 0.413 e. The smallest absolute Gasteiger partial charge is 0.413 e. The molecule has 1 aliphatic rings. The maximum absolute atomic E-state index is 12.0. The molecule has 1 saturated carbocycles. The fraction of sp³-hybridized carbons (Fsp3) is 0.529. The number of carboxylic acid groups (broad SMARTS) is 1. The van der Waals surface area contributed by atoms with Crippen LogP contribution in [0.15, 0.2) is 18.3 Å². The van der Waals surface area contributed by atoms with Crippen molar-refractivity contribution in [3.63, 3.8) is 0 Å². The van der Waals surface area contributed by atoms with Crippen LogP contribution in [0.4, 0.5) is 10.6 Å². The van der Waals surface area contributed by atoms with Crippen molar-refractivity contribution in [2.24, 2.45) is 5.41 Å². The summed E-state index contributed by atoms with van der Waals surface area (Å²) in [6.07, 6.45) is 2.22. The number of hydrogen-bond acceptors (Lipinski definition) is 5. The Hall–Kier alpha value is -2.44. The number of pyridine rings is 1. The third-order valence-electron chi connectivity index (χ3n) is 3.91. The van der Waals surface area contributed by atoms with Gasteiger partial charge in [-0.15, -0.1) is 0 Å². The molecule has 130 valence electrons. The highest BCUT2D eigenvalue weighted by Crippen LogP contribution is 2.38. The van der Waals surface area contributed by atoms with Gasteiger partial charge in [-0.3, -0.25) is 14.9 Å². The zero-order valence-corrected chi connectivity index (χ0v) is 14.1. The fourth-order valence-corrected chi connectivity index (χ4v) is 2.78. The van der Waals surface area contributed by atoms with Crippen LogP contribution in [0, 0.1) is 5.41 Å². The molecule has 1 fully saturated rings. The lowest BCUT2D eigenvalue weighted by atomic mass is 9.79. The van der Waals surface area contributed by atoms with Crippen LogP contribution in [0.2, 0.25) is 0 Å². The molecular formula is C17H22N2O5. The molecule has 7 nitrogen and oxygen atoms in total. The van der Waals surface area contributed by atoms with Crippen LogP contribution in [0.3, 0.4) is 0 Å². The summed E-state index contributed by atoms with van der Waals surface area (Å²) in [4.78, 5) is 39.4. The van der Waals surface area contributed by atoms with Gasteiger partial charge in [0.1, 0.15) is 16.8 Å². The van der Waals surface area contributed by atoms with Gasteiger partial charge >= 0.3 is 12.1 Å². The molecule has 0 aliphatic heterocycles. The van der Waals surface area contributed by atoms with Crippen LogP contribution in [0.25, 0.3) is 0 Å². The van der Waals surface area contributed by atoms with E-state index in [4.69, 9.17) is 4.74 Å². The van der Waals surface area contributed by atoms with Crippen molar-refractivity contribution in [1.29, 1.82) is 0 Å². The lowest BCUT2D eigenvalue weighted by molar-refractivity contribution is -0.153. The molecule has 0 aromatic carbocycles. The Morgan fingerprint density at radius 1 is 1.38 bits per heavy atom. The summed E-state index contributed by atoms with van der Waals surface area (Å²) >= 11 is 0. The van der Waals surface area contributed by atoms with Gasteiger partial charge in [0, 0.05) is 12.6 Å². The number of carboxylic acids is 1. The lowest BCUT2D eigenvalue weighted by Gasteiger charge is -2.22. The van der Waals surface area contributed by atoms with Gasteiger partial charge in [-0.25, -0.2) is 9.78 Å². The number of ketones is 1. The molecule has 1 aromatic heterocycles. The number of nitrogens with zero attached hydrogens (tertiary/aromatic N) is 1. The van der Waals surface area contributed by atoms with E-state index in [1.807, 2.05) is 0 Å². The molecule has 2 rings (SSSR count). The van der Waals surface area contributed by atoms with Crippen molar-refractivity contribution in [3.05, 3.63) is 23.9 Å². The number of nitrogens with one attached hydrogen (secondary N) is 1. The van der Waals surface area contributed by atoms with Crippen LogP contribution in [0.1, 0.15) is 45.6 Å². The van der Waals surface area contributed by atoms with Crippen molar-refractivity contribution >= 4 is 23.7 Å². The maximum atomic E-state index is 12.0. The summed E-state index contributed by atoms with van der Waals surface area (Å²) in [5.41, 5.74) is -1.31. The Morgan fingerprint density at radius 2 is 2.08 bits per heavy atom. The van der Waals surface area contributed by atoms with Crippen molar-refractivity contribution in [2.45, 2.75) is 52.1 Å². The SMILES string of the molecule is CC(C)(C)OC(=O)Nc1ccc(CC2(C(=O)O)CCCC2=O)cn1. The molecule has 0 radical (unpaired) electrons. The second-order valence-electron chi connectivity index (χ2n) is 7.02. The van der Waals surface area contributed by atoms with E-state index in [2.05, 4.69) is 10.3 Å². The summed E-state index contributed by atoms with van der Waals surface area (Å²) in [5.74, 6) is -1.01. The largest absolute Gasteiger partial charge is 0.480 e. The van der Waals surface area contributed by atoms with Gasteiger partial charge in [-0.1, -0.05) is 6.07 Å². The molecule has 24 heavy (non-hydrogen) atoms. The summed E-state index contributed by atoms with van der Waals surface area (Å²) in [7, 11) is 0. The third kappa shape index (κ3) is 4.10. The van der Waals surface area contributed by atoms with Crippen molar-refractivity contribution in [1.82, 2.24) is 4.98 Å². The first-order valence-electron chi connectivity index (χ1n) is 7.84. The number of hydrogen-bond donors (Lipinski definition) is 2. The molecular weight excluding hydrogens is 312 g/mol. The Kier molecular flexibility index (Phi) is 4.91. The minimum absolute atomic E-state index is 0.112. The fourth-order valence-electron chi connectivity index (χ4n) is 2.78. The van der Waals surface area contributed by atoms with Crippen LogP contribution in [0.5, 0.6) is 0 Å². The number of rotatable bonds is 4. The van der Waals surface area contributed by atoms with E-state index >= 15 is 0 Å². The monoisotopic (exact) mass is 334 g/mol. The predicted octanol–water partition coefficient (Wildman–Crippen LogP) is 2.80. The van der Waals surface area contributed by atoms with Gasteiger partial charge < -0.3 is 9.84 Å². The average Bonchev–Trinajstić information content (AvgIpc) is 2.81. The highest BCUT2D eigenvalue weighted by atomic mass is 16.6. The molecule has 1 heterocycles. The van der Waals surface area contributed by atoms with Gasteiger partial charge in [-0.2, -0.15) is 0 Å². The number of aliphatic carboxylic acids is 1. The van der Waals surface area contributed by atoms with E-state index in [-0.39, 0.29) is 12.2 Å². The summed E-state index contributed by atoms with van der Waals surface area (Å²) in [6, 6.07) is 3.23. The number of Topliss-reactive ketones (excluding diaryl/α,β-unsaturated/α-hetero) is 1. The lowest BCUT2D eigenvalue weighted by Crippen LogP contribution is -2.37. The topological polar surface area (TPSA) is 106 Å². The Balaban J connectivity index is 2.05. The molecule has 1 unspecified atom stereocenters. The molecule has 1 amide bonds. The van der Waals surface area contributed by atoms with Crippen molar-refractivity contribution in [2.75, 3.05) is 5.32 Å². The van der Waals surface area contributed by atoms with Crippen molar-refractivity contribution < 1.29 is 24.2 Å². The van der Waals surface area contributed by atoms with Gasteiger partial charge in [0.2, 0.25) is 0 Å². The third-order valence-corrected chi connectivity index (χ3v) is 3.91. The summed E-state index contributed by atoms with van der Waals surface area (Å²) < 4.78 is 5.13. The quantitative estimate of drug-likeness (QED) is 0.820. The first-order valence-corrected chi connectivity index (χ1v) is 7.84. The Bertz CT molecular complexity index is 648. The summed E-state index contributed by atoms with van der Waals surface area (Å²) in [5, 5.41) is 12.0. The second-order valence-corrected chi connectivity index (χ2v) is 7.02. The van der Waals surface area contributed by atoms with E-state index in [1.54, 1.807) is 32.9 Å². The molecule has 0 bridgehead atoms. The molecule has 0 saturated heterocycles. The molecule has 7 heteroatoms. The first-order chi connectivity index (χ1) is 11.1. The molecule has 1 aromatic rings. The number of aromatic nitrogens is 1. The van der Waals surface area contributed by atoms with Crippen LogP contribution in [-0.2, 0) is 20.7 Å². The number of amides is 1. The van der Waals surface area contributed by atoms with Crippen LogP contribution >= 0.6 is 0 Å². The Labute approximate surface area is 140 Å². The number of carbonyl (C=O) groups is 3. The van der Waals surface area contributed by atoms with Gasteiger partial charge in [-0.05, 0) is 51.7 Å². The van der Waals surface area contributed by atoms with E-state index in [0.29, 0.717) is 30.6 Å². The number of anilines is 1. The standard InChI is InChI=1S/C17H22N2O5/c1-16(2,3)24-15(23)19-13-7-6-11(10-18-13)9-17(14(21)22)8-4-5-12(17)20/h6-7,10H,4-5,8-9H2,1-3H3,(H,21,22)(H,18,19,23). The second kappa shape index (κ2) is 6.59. The Morgan fingerprint density at radius 3 is 2.54 bits per heavy atom.